The van der Waals surface area contributed by atoms with Gasteiger partial charge in [-0.15, -0.1) is 0 Å². The molecule has 0 spiro atoms. The van der Waals surface area contributed by atoms with Crippen molar-refractivity contribution in [3.63, 3.8) is 0 Å². The zero-order valence-electron chi connectivity index (χ0n) is 11.8. The van der Waals surface area contributed by atoms with E-state index in [0.29, 0.717) is 25.7 Å². The van der Waals surface area contributed by atoms with E-state index in [1.165, 1.54) is 0 Å². The highest BCUT2D eigenvalue weighted by atomic mass is 19.4. The summed E-state index contributed by atoms with van der Waals surface area (Å²) in [5.74, 6) is -2.50. The SMILES string of the molecule is CC1CCC(C(O)(C(F)(F)F)C(F)(F)F)C2CCCCC12. The molecule has 0 amide bonds. The molecule has 0 aromatic heterocycles. The van der Waals surface area contributed by atoms with Crippen molar-refractivity contribution in [1.29, 1.82) is 0 Å². The molecule has 0 bridgehead atoms. The van der Waals surface area contributed by atoms with Crippen molar-refractivity contribution in [2.75, 3.05) is 0 Å². The maximum atomic E-state index is 13.1. The summed E-state index contributed by atoms with van der Waals surface area (Å²) in [5, 5.41) is 9.68. The van der Waals surface area contributed by atoms with Crippen molar-refractivity contribution >= 4 is 0 Å². The zero-order valence-corrected chi connectivity index (χ0v) is 11.8. The number of fused-ring (bicyclic) bond motifs is 1. The summed E-state index contributed by atoms with van der Waals surface area (Å²) in [5.41, 5.74) is -4.58. The average Bonchev–Trinajstić information content (AvgIpc) is 2.36. The van der Waals surface area contributed by atoms with Gasteiger partial charge in [0.15, 0.2) is 0 Å². The highest BCUT2D eigenvalue weighted by molar-refractivity contribution is 5.05. The van der Waals surface area contributed by atoms with Crippen LogP contribution in [-0.2, 0) is 0 Å². The van der Waals surface area contributed by atoms with Crippen LogP contribution < -0.4 is 0 Å². The molecule has 0 aromatic carbocycles. The molecule has 0 heterocycles. The minimum Gasteiger partial charge on any atom is -0.373 e. The Bertz CT molecular complexity index is 361. The van der Waals surface area contributed by atoms with Crippen LogP contribution in [-0.4, -0.2) is 23.1 Å². The van der Waals surface area contributed by atoms with Gasteiger partial charge in [-0.05, 0) is 37.0 Å². The maximum Gasteiger partial charge on any atom is 0.426 e. The molecular formula is C14H20F6O. The van der Waals surface area contributed by atoms with Gasteiger partial charge in [0.05, 0.1) is 0 Å². The molecular weight excluding hydrogens is 298 g/mol. The second kappa shape index (κ2) is 5.32. The van der Waals surface area contributed by atoms with Gasteiger partial charge < -0.3 is 5.11 Å². The third kappa shape index (κ3) is 2.66. The topological polar surface area (TPSA) is 20.2 Å². The van der Waals surface area contributed by atoms with Gasteiger partial charge in [0.1, 0.15) is 0 Å². The summed E-state index contributed by atoms with van der Waals surface area (Å²) in [6.07, 6.45) is -8.83. The van der Waals surface area contributed by atoms with Crippen molar-refractivity contribution in [2.45, 2.75) is 63.4 Å². The van der Waals surface area contributed by atoms with Crippen molar-refractivity contribution < 1.29 is 31.4 Å². The molecule has 7 heteroatoms. The summed E-state index contributed by atoms with van der Waals surface area (Å²) in [6.45, 7) is 1.89. The Morgan fingerprint density at radius 1 is 0.762 bits per heavy atom. The predicted octanol–water partition coefficient (Wildman–Crippen LogP) is 4.69. The van der Waals surface area contributed by atoms with Crippen LogP contribution in [0.2, 0.25) is 0 Å². The molecule has 21 heavy (non-hydrogen) atoms. The number of alkyl halides is 6. The van der Waals surface area contributed by atoms with E-state index < -0.39 is 29.8 Å². The lowest BCUT2D eigenvalue weighted by Crippen LogP contribution is -2.65. The predicted molar refractivity (Wildman–Crippen MR) is 64.4 cm³/mol. The Morgan fingerprint density at radius 3 is 1.71 bits per heavy atom. The smallest absolute Gasteiger partial charge is 0.373 e. The summed E-state index contributed by atoms with van der Waals surface area (Å²) in [4.78, 5) is 0. The third-order valence-electron chi connectivity index (χ3n) is 5.46. The van der Waals surface area contributed by atoms with Crippen LogP contribution in [0.25, 0.3) is 0 Å². The number of aliphatic hydroxyl groups is 1. The summed E-state index contributed by atoms with van der Waals surface area (Å²) < 4.78 is 78.4. The molecule has 2 rings (SSSR count). The van der Waals surface area contributed by atoms with Gasteiger partial charge in [0, 0.05) is 5.92 Å². The molecule has 0 aromatic rings. The standard InChI is InChI=1S/C14H20F6O/c1-8-6-7-11(10-5-3-2-4-9(8)10)12(21,13(15,16)17)14(18,19)20/h8-11,21H,2-7H2,1H3. The maximum absolute atomic E-state index is 13.1. The largest absolute Gasteiger partial charge is 0.426 e. The molecule has 4 atom stereocenters. The lowest BCUT2D eigenvalue weighted by molar-refractivity contribution is -0.394. The molecule has 2 saturated carbocycles. The van der Waals surface area contributed by atoms with E-state index in [1.54, 1.807) is 0 Å². The number of rotatable bonds is 1. The van der Waals surface area contributed by atoms with Crippen LogP contribution in [0.3, 0.4) is 0 Å². The summed E-state index contributed by atoms with van der Waals surface area (Å²) in [6, 6.07) is 0. The van der Waals surface area contributed by atoms with E-state index >= 15 is 0 Å². The fourth-order valence-corrected chi connectivity index (χ4v) is 4.36. The minimum absolute atomic E-state index is 0.122. The van der Waals surface area contributed by atoms with Gasteiger partial charge in [-0.1, -0.05) is 26.2 Å². The van der Waals surface area contributed by atoms with Gasteiger partial charge in [-0.25, -0.2) is 0 Å². The van der Waals surface area contributed by atoms with Crippen LogP contribution in [0.5, 0.6) is 0 Å². The Morgan fingerprint density at radius 2 is 1.24 bits per heavy atom. The molecule has 2 aliphatic rings. The average molecular weight is 318 g/mol. The Labute approximate surface area is 119 Å². The molecule has 4 unspecified atom stereocenters. The zero-order chi connectivity index (χ0) is 16.1. The second-order valence-electron chi connectivity index (χ2n) is 6.54. The van der Waals surface area contributed by atoms with Crippen LogP contribution in [0.15, 0.2) is 0 Å². The summed E-state index contributed by atoms with van der Waals surface area (Å²) in [7, 11) is 0. The van der Waals surface area contributed by atoms with E-state index in [9.17, 15) is 31.4 Å². The number of halogens is 6. The van der Waals surface area contributed by atoms with Gasteiger partial charge in [0.2, 0.25) is 0 Å². The molecule has 0 saturated heterocycles. The van der Waals surface area contributed by atoms with E-state index in [1.807, 2.05) is 6.92 Å². The lowest BCUT2D eigenvalue weighted by atomic mass is 9.57. The van der Waals surface area contributed by atoms with Crippen LogP contribution in [0, 0.1) is 23.7 Å². The molecule has 1 nitrogen and oxygen atoms in total. The van der Waals surface area contributed by atoms with Gasteiger partial charge >= 0.3 is 12.4 Å². The Balaban J connectivity index is 2.40. The first-order valence-corrected chi connectivity index (χ1v) is 7.36. The summed E-state index contributed by atoms with van der Waals surface area (Å²) >= 11 is 0. The number of hydrogen-bond donors (Lipinski definition) is 1. The van der Waals surface area contributed by atoms with E-state index in [4.69, 9.17) is 0 Å². The fourth-order valence-electron chi connectivity index (χ4n) is 4.36. The van der Waals surface area contributed by atoms with E-state index in [-0.39, 0.29) is 18.3 Å². The van der Waals surface area contributed by atoms with Gasteiger partial charge in [-0.2, -0.15) is 26.3 Å². The third-order valence-corrected chi connectivity index (χ3v) is 5.46. The van der Waals surface area contributed by atoms with E-state index in [0.717, 1.165) is 6.42 Å². The van der Waals surface area contributed by atoms with Gasteiger partial charge in [0.25, 0.3) is 5.60 Å². The van der Waals surface area contributed by atoms with Crippen molar-refractivity contribution in [1.82, 2.24) is 0 Å². The van der Waals surface area contributed by atoms with E-state index in [2.05, 4.69) is 0 Å². The normalized spacial score (nSPS) is 35.4. The van der Waals surface area contributed by atoms with Crippen LogP contribution >= 0.6 is 0 Å². The van der Waals surface area contributed by atoms with Crippen molar-refractivity contribution in [3.8, 4) is 0 Å². The molecule has 2 fully saturated rings. The van der Waals surface area contributed by atoms with Gasteiger partial charge in [-0.3, -0.25) is 0 Å². The first-order chi connectivity index (χ1) is 9.50. The van der Waals surface area contributed by atoms with Crippen LogP contribution in [0.1, 0.15) is 45.4 Å². The highest BCUT2D eigenvalue weighted by Gasteiger charge is 2.75. The van der Waals surface area contributed by atoms with Crippen molar-refractivity contribution in [3.05, 3.63) is 0 Å². The Hall–Kier alpha value is -0.460. The molecule has 2 aliphatic carbocycles. The number of hydrogen-bond acceptors (Lipinski definition) is 1. The van der Waals surface area contributed by atoms with Crippen molar-refractivity contribution in [2.24, 2.45) is 23.7 Å². The lowest BCUT2D eigenvalue weighted by Gasteiger charge is -2.51. The molecule has 124 valence electrons. The quantitative estimate of drug-likeness (QED) is 0.695. The first-order valence-electron chi connectivity index (χ1n) is 7.36. The van der Waals surface area contributed by atoms with Crippen LogP contribution in [0.4, 0.5) is 26.3 Å². The molecule has 0 aliphatic heterocycles. The monoisotopic (exact) mass is 318 g/mol. The minimum atomic E-state index is -5.70. The first kappa shape index (κ1) is 16.9. The second-order valence-corrected chi connectivity index (χ2v) is 6.54. The Kier molecular flexibility index (Phi) is 4.28. The molecule has 1 N–H and O–H groups in total. The highest BCUT2D eigenvalue weighted by Crippen LogP contribution is 2.57. The molecule has 0 radical (unpaired) electrons. The fraction of sp³-hybridized carbons (Fsp3) is 1.00.